The topological polar surface area (TPSA) is 77.8 Å². The smallest absolute Gasteiger partial charge is 0.374 e. The van der Waals surface area contributed by atoms with Crippen LogP contribution in [-0.2, 0) is 4.79 Å². The van der Waals surface area contributed by atoms with Gasteiger partial charge in [0.05, 0.1) is 12.2 Å². The quantitative estimate of drug-likeness (QED) is 0.574. The standard InChI is InChI=1S/C25H40F2O4/c1-5-15-19-12-14(28)8-10-24(19,4)18-9-11-23(3)16(13(2)25(26,27)22(30)31)6-7-17(23)20(18)21(15)29/h13-21,28-29H,5-12H2,1-4H3,(H,30,31)/t13-,14+,15+,16?,17?,18?,19?,20?,21+,23?,24?/m0/s1. The van der Waals surface area contributed by atoms with Gasteiger partial charge in [0.15, 0.2) is 0 Å². The van der Waals surface area contributed by atoms with E-state index in [9.17, 15) is 23.8 Å². The number of fused-ring (bicyclic) bond motifs is 5. The Morgan fingerprint density at radius 3 is 2.26 bits per heavy atom. The third kappa shape index (κ3) is 3.21. The molecule has 0 bridgehead atoms. The summed E-state index contributed by atoms with van der Waals surface area (Å²) in [6, 6.07) is 0. The molecule has 11 atom stereocenters. The molecule has 4 aliphatic rings. The molecule has 0 aliphatic heterocycles. The van der Waals surface area contributed by atoms with Crippen LogP contribution in [-0.4, -0.2) is 39.4 Å². The van der Waals surface area contributed by atoms with Crippen molar-refractivity contribution in [2.24, 2.45) is 52.3 Å². The fourth-order valence-electron chi connectivity index (χ4n) is 9.27. The van der Waals surface area contributed by atoms with Gasteiger partial charge in [-0.25, -0.2) is 4.79 Å². The maximum absolute atomic E-state index is 14.5. The molecule has 0 amide bonds. The molecule has 4 nitrogen and oxygen atoms in total. The van der Waals surface area contributed by atoms with Crippen LogP contribution in [0.15, 0.2) is 0 Å². The van der Waals surface area contributed by atoms with Crippen molar-refractivity contribution in [2.45, 2.75) is 97.2 Å². The second-order valence-corrected chi connectivity index (χ2v) is 11.8. The van der Waals surface area contributed by atoms with E-state index in [2.05, 4.69) is 20.8 Å². The number of rotatable bonds is 4. The van der Waals surface area contributed by atoms with Crippen LogP contribution in [0.5, 0.6) is 0 Å². The first-order valence-corrected chi connectivity index (χ1v) is 12.4. The van der Waals surface area contributed by atoms with Crippen LogP contribution in [0.3, 0.4) is 0 Å². The highest BCUT2D eigenvalue weighted by molar-refractivity contribution is 5.75. The highest BCUT2D eigenvalue weighted by Gasteiger charge is 2.66. The molecule has 178 valence electrons. The minimum absolute atomic E-state index is 0.0693. The van der Waals surface area contributed by atoms with Gasteiger partial charge < -0.3 is 15.3 Å². The minimum atomic E-state index is -3.73. The molecule has 7 unspecified atom stereocenters. The number of hydrogen-bond donors (Lipinski definition) is 3. The van der Waals surface area contributed by atoms with E-state index in [1.54, 1.807) is 0 Å². The first kappa shape index (κ1) is 23.4. The average molecular weight is 443 g/mol. The first-order chi connectivity index (χ1) is 14.4. The van der Waals surface area contributed by atoms with E-state index < -0.39 is 23.9 Å². The number of aliphatic carboxylic acids is 1. The van der Waals surface area contributed by atoms with Crippen LogP contribution in [0.2, 0.25) is 0 Å². The number of carbonyl (C=O) groups is 1. The summed E-state index contributed by atoms with van der Waals surface area (Å²) >= 11 is 0. The Kier molecular flexibility index (Phi) is 5.77. The number of halogens is 2. The molecule has 0 saturated heterocycles. The average Bonchev–Trinajstić information content (AvgIpc) is 3.05. The Labute approximate surface area is 184 Å². The Balaban J connectivity index is 1.68. The van der Waals surface area contributed by atoms with Crippen LogP contribution in [0.1, 0.15) is 79.1 Å². The fraction of sp³-hybridized carbons (Fsp3) is 0.960. The molecule has 0 spiro atoms. The summed E-state index contributed by atoms with van der Waals surface area (Å²) < 4.78 is 29.0. The lowest BCUT2D eigenvalue weighted by atomic mass is 9.41. The Hall–Kier alpha value is -0.750. The zero-order valence-corrected chi connectivity index (χ0v) is 19.4. The zero-order chi connectivity index (χ0) is 22.9. The van der Waals surface area contributed by atoms with Gasteiger partial charge in [-0.15, -0.1) is 0 Å². The molecule has 3 N–H and O–H groups in total. The normalized spacial score (nSPS) is 50.8. The predicted octanol–water partition coefficient (Wildman–Crippen LogP) is 4.97. The van der Waals surface area contributed by atoms with E-state index in [0.29, 0.717) is 18.3 Å². The molecule has 4 saturated carbocycles. The van der Waals surface area contributed by atoms with Gasteiger partial charge in [-0.2, -0.15) is 8.78 Å². The van der Waals surface area contributed by atoms with Crippen LogP contribution in [0.25, 0.3) is 0 Å². The predicted molar refractivity (Wildman–Crippen MR) is 114 cm³/mol. The lowest BCUT2D eigenvalue weighted by Gasteiger charge is -2.64. The van der Waals surface area contributed by atoms with Crippen LogP contribution in [0.4, 0.5) is 8.78 Å². The van der Waals surface area contributed by atoms with E-state index in [1.807, 2.05) is 0 Å². The van der Waals surface area contributed by atoms with Crippen LogP contribution < -0.4 is 0 Å². The summed E-state index contributed by atoms with van der Waals surface area (Å²) in [6.45, 7) is 7.97. The molecular weight excluding hydrogens is 402 g/mol. The molecule has 31 heavy (non-hydrogen) atoms. The maximum atomic E-state index is 14.5. The monoisotopic (exact) mass is 442 g/mol. The van der Waals surface area contributed by atoms with Crippen molar-refractivity contribution < 1.29 is 28.9 Å². The van der Waals surface area contributed by atoms with Gasteiger partial charge in [-0.3, -0.25) is 0 Å². The fourth-order valence-corrected chi connectivity index (χ4v) is 9.27. The van der Waals surface area contributed by atoms with Crippen molar-refractivity contribution in [1.29, 1.82) is 0 Å². The molecule has 0 aromatic heterocycles. The number of carboxylic acid groups (broad SMARTS) is 1. The molecule has 0 aromatic rings. The third-order valence-electron chi connectivity index (χ3n) is 10.9. The lowest BCUT2D eigenvalue weighted by Crippen LogP contribution is -2.62. The molecule has 4 rings (SSSR count). The summed E-state index contributed by atoms with van der Waals surface area (Å²) in [4.78, 5) is 11.3. The van der Waals surface area contributed by atoms with Gasteiger partial charge in [0.25, 0.3) is 0 Å². The second kappa shape index (κ2) is 7.65. The zero-order valence-electron chi connectivity index (χ0n) is 19.4. The van der Waals surface area contributed by atoms with Crippen LogP contribution in [0, 0.1) is 52.3 Å². The summed E-state index contributed by atoms with van der Waals surface area (Å²) in [5.74, 6) is -6.33. The highest BCUT2D eigenvalue weighted by Crippen LogP contribution is 2.69. The van der Waals surface area contributed by atoms with Crippen molar-refractivity contribution in [3.05, 3.63) is 0 Å². The number of aliphatic hydroxyl groups excluding tert-OH is 2. The molecule has 0 radical (unpaired) electrons. The van der Waals surface area contributed by atoms with Gasteiger partial charge in [0.2, 0.25) is 0 Å². The summed E-state index contributed by atoms with van der Waals surface area (Å²) in [5, 5.41) is 31.1. The van der Waals surface area contributed by atoms with E-state index in [4.69, 9.17) is 5.11 Å². The van der Waals surface area contributed by atoms with Crippen molar-refractivity contribution in [2.75, 3.05) is 0 Å². The molecule has 4 fully saturated rings. The van der Waals surface area contributed by atoms with Gasteiger partial charge >= 0.3 is 11.9 Å². The largest absolute Gasteiger partial charge is 0.477 e. The van der Waals surface area contributed by atoms with Gasteiger partial charge in [0.1, 0.15) is 0 Å². The van der Waals surface area contributed by atoms with E-state index in [1.165, 1.54) is 6.92 Å². The number of aliphatic hydroxyl groups is 2. The summed E-state index contributed by atoms with van der Waals surface area (Å²) in [5.41, 5.74) is -0.296. The van der Waals surface area contributed by atoms with Gasteiger partial charge in [0, 0.05) is 5.92 Å². The summed E-state index contributed by atoms with van der Waals surface area (Å²) in [6.07, 6.45) is 5.72. The minimum Gasteiger partial charge on any atom is -0.477 e. The number of hydrogen-bond acceptors (Lipinski definition) is 3. The molecule has 0 aromatic carbocycles. The Morgan fingerprint density at radius 2 is 1.65 bits per heavy atom. The van der Waals surface area contributed by atoms with Crippen molar-refractivity contribution >= 4 is 5.97 Å². The molecule has 6 heteroatoms. The Bertz CT molecular complexity index is 714. The van der Waals surface area contributed by atoms with Gasteiger partial charge in [-0.05, 0) is 91.3 Å². The second-order valence-electron chi connectivity index (χ2n) is 11.8. The highest BCUT2D eigenvalue weighted by atomic mass is 19.3. The SMILES string of the molecule is CC[C@@H]1C2C[C@H](O)CCC2(C)C2CCC3(C)C(CCC3[C@H](C)C(F)(F)C(=O)O)C2[C@@H]1O. The lowest BCUT2D eigenvalue weighted by molar-refractivity contribution is -0.208. The van der Waals surface area contributed by atoms with E-state index in [-0.39, 0.29) is 40.6 Å². The molecule has 4 aliphatic carbocycles. The van der Waals surface area contributed by atoms with Crippen molar-refractivity contribution in [3.63, 3.8) is 0 Å². The van der Waals surface area contributed by atoms with Gasteiger partial charge in [-0.1, -0.05) is 34.1 Å². The molecule has 0 heterocycles. The first-order valence-electron chi connectivity index (χ1n) is 12.4. The molecular formula is C25H40F2O4. The van der Waals surface area contributed by atoms with Crippen molar-refractivity contribution in [1.82, 2.24) is 0 Å². The van der Waals surface area contributed by atoms with Crippen LogP contribution >= 0.6 is 0 Å². The van der Waals surface area contributed by atoms with E-state index in [0.717, 1.165) is 44.9 Å². The van der Waals surface area contributed by atoms with Crippen molar-refractivity contribution in [3.8, 4) is 0 Å². The Morgan fingerprint density at radius 1 is 1.03 bits per heavy atom. The third-order valence-corrected chi connectivity index (χ3v) is 10.9. The number of alkyl halides is 2. The van der Waals surface area contributed by atoms with E-state index >= 15 is 0 Å². The summed E-state index contributed by atoms with van der Waals surface area (Å²) in [7, 11) is 0. The maximum Gasteiger partial charge on any atom is 0.374 e. The number of carboxylic acids is 1.